The van der Waals surface area contributed by atoms with E-state index in [1.807, 2.05) is 4.90 Å². The van der Waals surface area contributed by atoms with Gasteiger partial charge in [0.15, 0.2) is 0 Å². The van der Waals surface area contributed by atoms with Crippen LogP contribution < -0.4 is 0 Å². The van der Waals surface area contributed by atoms with Crippen molar-refractivity contribution in [3.8, 4) is 0 Å². The second-order valence-corrected chi connectivity index (χ2v) is 8.04. The molecule has 0 radical (unpaired) electrons. The van der Waals surface area contributed by atoms with Crippen LogP contribution in [0.4, 0.5) is 0 Å². The zero-order valence-electron chi connectivity index (χ0n) is 16.1. The Balaban J connectivity index is 1.63. The minimum absolute atomic E-state index is 0.0411. The quantitative estimate of drug-likeness (QED) is 0.722. The molecule has 0 aliphatic carbocycles. The number of hydrogen-bond acceptors (Lipinski definition) is 5. The minimum Gasteiger partial charge on any atom is -0.381 e. The van der Waals surface area contributed by atoms with E-state index in [9.17, 15) is 9.59 Å². The lowest BCUT2D eigenvalue weighted by Gasteiger charge is -2.50. The number of nitrogens with zero attached hydrogens (tertiary/aromatic N) is 2. The van der Waals surface area contributed by atoms with E-state index >= 15 is 0 Å². The van der Waals surface area contributed by atoms with E-state index in [0.29, 0.717) is 26.4 Å². The van der Waals surface area contributed by atoms with Crippen molar-refractivity contribution >= 4 is 11.8 Å². The van der Waals surface area contributed by atoms with Crippen LogP contribution >= 0.6 is 0 Å². The van der Waals surface area contributed by atoms with E-state index in [1.54, 1.807) is 14.1 Å². The molecule has 0 aromatic heterocycles. The number of likely N-dealkylation sites (tertiary alicyclic amines) is 1. The van der Waals surface area contributed by atoms with Gasteiger partial charge in [0.1, 0.15) is 6.61 Å². The molecule has 0 spiro atoms. The SMILES string of the molecule is CN(C)C(=O)COCC12CCCOC1CCN(C(=O)C1CCOCC1)C2. The van der Waals surface area contributed by atoms with E-state index < -0.39 is 0 Å². The van der Waals surface area contributed by atoms with Crippen LogP contribution in [0.2, 0.25) is 0 Å². The van der Waals surface area contributed by atoms with Crippen molar-refractivity contribution < 1.29 is 23.8 Å². The van der Waals surface area contributed by atoms with Gasteiger partial charge < -0.3 is 24.0 Å². The molecule has 0 aromatic rings. The van der Waals surface area contributed by atoms with Crippen LogP contribution in [-0.4, -0.2) is 87.9 Å². The summed E-state index contributed by atoms with van der Waals surface area (Å²) >= 11 is 0. The molecule has 0 aromatic carbocycles. The van der Waals surface area contributed by atoms with Crippen molar-refractivity contribution in [1.29, 1.82) is 0 Å². The van der Waals surface area contributed by atoms with Crippen molar-refractivity contribution in [1.82, 2.24) is 9.80 Å². The van der Waals surface area contributed by atoms with Gasteiger partial charge in [-0.25, -0.2) is 0 Å². The molecule has 0 bridgehead atoms. The molecule has 2 atom stereocenters. The van der Waals surface area contributed by atoms with Gasteiger partial charge >= 0.3 is 0 Å². The summed E-state index contributed by atoms with van der Waals surface area (Å²) in [5, 5.41) is 0. The lowest BCUT2D eigenvalue weighted by molar-refractivity contribution is -0.171. The number of rotatable bonds is 5. The fourth-order valence-electron chi connectivity index (χ4n) is 4.36. The monoisotopic (exact) mass is 368 g/mol. The van der Waals surface area contributed by atoms with E-state index in [1.165, 1.54) is 4.90 Å². The normalized spacial score (nSPS) is 29.9. The number of carbonyl (C=O) groups excluding carboxylic acids is 2. The summed E-state index contributed by atoms with van der Waals surface area (Å²) < 4.78 is 17.2. The molecule has 3 aliphatic rings. The first-order valence-electron chi connectivity index (χ1n) is 9.78. The number of amides is 2. The number of hydrogen-bond donors (Lipinski definition) is 0. The Bertz CT molecular complexity index is 506. The second kappa shape index (κ2) is 8.67. The van der Waals surface area contributed by atoms with E-state index in [2.05, 4.69) is 0 Å². The average Bonchev–Trinajstić information content (AvgIpc) is 2.67. The van der Waals surface area contributed by atoms with Gasteiger partial charge in [-0.3, -0.25) is 9.59 Å². The molecular weight excluding hydrogens is 336 g/mol. The predicted molar refractivity (Wildman–Crippen MR) is 95.7 cm³/mol. The number of ether oxygens (including phenoxy) is 3. The highest BCUT2D eigenvalue weighted by atomic mass is 16.5. The highest BCUT2D eigenvalue weighted by molar-refractivity contribution is 5.79. The zero-order chi connectivity index (χ0) is 18.6. The Kier molecular flexibility index (Phi) is 6.53. The molecule has 148 valence electrons. The van der Waals surface area contributed by atoms with Gasteiger partial charge in [0.05, 0.1) is 12.7 Å². The van der Waals surface area contributed by atoms with Crippen LogP contribution in [0.15, 0.2) is 0 Å². The van der Waals surface area contributed by atoms with Gasteiger partial charge in [0, 0.05) is 58.3 Å². The van der Waals surface area contributed by atoms with Crippen LogP contribution in [0.3, 0.4) is 0 Å². The second-order valence-electron chi connectivity index (χ2n) is 8.04. The Labute approximate surface area is 155 Å². The van der Waals surface area contributed by atoms with E-state index in [-0.39, 0.29) is 35.9 Å². The highest BCUT2D eigenvalue weighted by Crippen LogP contribution is 2.41. The first kappa shape index (κ1) is 19.6. The molecule has 2 amide bonds. The standard InChI is InChI=1S/C19H32N2O5/c1-20(2)17(22)12-25-14-19-7-3-9-26-16(19)4-8-21(13-19)18(23)15-5-10-24-11-6-15/h15-16H,3-14H2,1-2H3. The van der Waals surface area contributed by atoms with Crippen molar-refractivity contribution in [3.63, 3.8) is 0 Å². The topological polar surface area (TPSA) is 68.3 Å². The third-order valence-corrected chi connectivity index (χ3v) is 5.98. The van der Waals surface area contributed by atoms with Crippen molar-refractivity contribution in [2.24, 2.45) is 11.3 Å². The first-order chi connectivity index (χ1) is 12.5. The summed E-state index contributed by atoms with van der Waals surface area (Å²) in [4.78, 5) is 28.3. The van der Waals surface area contributed by atoms with Gasteiger partial charge in [0.25, 0.3) is 0 Å². The van der Waals surface area contributed by atoms with Gasteiger partial charge in [-0.05, 0) is 32.1 Å². The summed E-state index contributed by atoms with van der Waals surface area (Å²) in [6, 6.07) is 0. The summed E-state index contributed by atoms with van der Waals surface area (Å²) in [7, 11) is 3.46. The maximum atomic E-state index is 13.0. The Morgan fingerprint density at radius 3 is 2.69 bits per heavy atom. The number of likely N-dealkylation sites (N-methyl/N-ethyl adjacent to an activating group) is 1. The molecular formula is C19H32N2O5. The highest BCUT2D eigenvalue weighted by Gasteiger charge is 2.48. The van der Waals surface area contributed by atoms with Crippen molar-refractivity contribution in [3.05, 3.63) is 0 Å². The smallest absolute Gasteiger partial charge is 0.248 e. The van der Waals surface area contributed by atoms with Crippen LogP contribution in [-0.2, 0) is 23.8 Å². The Hall–Kier alpha value is -1.18. The zero-order valence-corrected chi connectivity index (χ0v) is 16.1. The van der Waals surface area contributed by atoms with E-state index in [0.717, 1.165) is 45.3 Å². The van der Waals surface area contributed by atoms with Crippen LogP contribution in [0.1, 0.15) is 32.1 Å². The number of fused-ring (bicyclic) bond motifs is 1. The fraction of sp³-hybridized carbons (Fsp3) is 0.895. The Morgan fingerprint density at radius 1 is 1.19 bits per heavy atom. The average molecular weight is 368 g/mol. The van der Waals surface area contributed by atoms with Gasteiger partial charge in [0.2, 0.25) is 11.8 Å². The van der Waals surface area contributed by atoms with E-state index in [4.69, 9.17) is 14.2 Å². The molecule has 26 heavy (non-hydrogen) atoms. The summed E-state index contributed by atoms with van der Waals surface area (Å²) in [5.41, 5.74) is -0.191. The predicted octanol–water partition coefficient (Wildman–Crippen LogP) is 0.916. The lowest BCUT2D eigenvalue weighted by Crippen LogP contribution is -2.59. The molecule has 3 fully saturated rings. The third kappa shape index (κ3) is 4.38. The molecule has 3 aliphatic heterocycles. The van der Waals surface area contributed by atoms with Crippen LogP contribution in [0, 0.1) is 11.3 Å². The first-order valence-corrected chi connectivity index (χ1v) is 9.78. The molecule has 0 saturated carbocycles. The van der Waals surface area contributed by atoms with Gasteiger partial charge in [-0.1, -0.05) is 0 Å². The van der Waals surface area contributed by atoms with Crippen molar-refractivity contribution in [2.75, 3.05) is 60.2 Å². The maximum Gasteiger partial charge on any atom is 0.248 e. The van der Waals surface area contributed by atoms with Crippen LogP contribution in [0.5, 0.6) is 0 Å². The molecule has 7 heteroatoms. The molecule has 0 N–H and O–H groups in total. The molecule has 3 heterocycles. The number of piperidine rings is 1. The minimum atomic E-state index is -0.191. The Morgan fingerprint density at radius 2 is 1.96 bits per heavy atom. The summed E-state index contributed by atoms with van der Waals surface area (Å²) in [6.45, 7) is 4.10. The molecule has 3 rings (SSSR count). The maximum absolute atomic E-state index is 13.0. The van der Waals surface area contributed by atoms with Crippen molar-refractivity contribution in [2.45, 2.75) is 38.2 Å². The summed E-state index contributed by atoms with van der Waals surface area (Å²) in [6.07, 6.45) is 4.54. The lowest BCUT2D eigenvalue weighted by atomic mass is 9.72. The number of carbonyl (C=O) groups is 2. The largest absolute Gasteiger partial charge is 0.381 e. The molecule has 7 nitrogen and oxygen atoms in total. The molecule has 2 unspecified atom stereocenters. The van der Waals surface area contributed by atoms with Gasteiger partial charge in [-0.15, -0.1) is 0 Å². The molecule has 3 saturated heterocycles. The van der Waals surface area contributed by atoms with Crippen LogP contribution in [0.25, 0.3) is 0 Å². The fourth-order valence-corrected chi connectivity index (χ4v) is 4.36. The van der Waals surface area contributed by atoms with Gasteiger partial charge in [-0.2, -0.15) is 0 Å². The third-order valence-electron chi connectivity index (χ3n) is 5.98. The summed E-state index contributed by atoms with van der Waals surface area (Å²) in [5.74, 6) is 0.291.